The van der Waals surface area contributed by atoms with E-state index in [0.29, 0.717) is 5.39 Å². The van der Waals surface area contributed by atoms with Gasteiger partial charge in [0.05, 0.1) is 10.9 Å². The highest BCUT2D eigenvalue weighted by atomic mass is 32.2. The minimum absolute atomic E-state index is 0.0447. The van der Waals surface area contributed by atoms with Crippen LogP contribution < -0.4 is 5.56 Å². The number of thioether (sulfide) groups is 1. The first-order valence-electron chi connectivity index (χ1n) is 4.78. The van der Waals surface area contributed by atoms with E-state index in [4.69, 9.17) is 0 Å². The van der Waals surface area contributed by atoms with Crippen LogP contribution in [0.15, 0.2) is 29.1 Å². The quantitative estimate of drug-likeness (QED) is 0.858. The molecule has 0 aliphatic rings. The molecule has 0 atom stereocenters. The van der Waals surface area contributed by atoms with Crippen LogP contribution in [0.5, 0.6) is 0 Å². The van der Waals surface area contributed by atoms with Crippen molar-refractivity contribution in [3.63, 3.8) is 0 Å². The average Bonchev–Trinajstić information content (AvgIpc) is 2.26. The molecule has 0 saturated carbocycles. The van der Waals surface area contributed by atoms with Crippen molar-refractivity contribution >= 4 is 22.7 Å². The molecule has 4 heteroatoms. The summed E-state index contributed by atoms with van der Waals surface area (Å²) in [6.45, 7) is 0. The van der Waals surface area contributed by atoms with E-state index in [1.54, 1.807) is 17.8 Å². The van der Waals surface area contributed by atoms with Crippen molar-refractivity contribution in [1.29, 1.82) is 0 Å². The van der Waals surface area contributed by atoms with Gasteiger partial charge in [0.1, 0.15) is 5.82 Å². The Balaban J connectivity index is 2.48. The van der Waals surface area contributed by atoms with E-state index < -0.39 is 0 Å². The van der Waals surface area contributed by atoms with Crippen LogP contribution in [0.4, 0.5) is 0 Å². The Hall–Kier alpha value is -1.29. The maximum absolute atomic E-state index is 11.7. The van der Waals surface area contributed by atoms with E-state index in [-0.39, 0.29) is 5.56 Å². The number of benzene rings is 1. The van der Waals surface area contributed by atoms with E-state index in [2.05, 4.69) is 9.97 Å². The van der Waals surface area contributed by atoms with Crippen molar-refractivity contribution in [2.45, 2.75) is 6.42 Å². The van der Waals surface area contributed by atoms with Crippen molar-refractivity contribution in [3.05, 3.63) is 40.4 Å². The Bertz CT molecular complexity index is 521. The molecular weight excluding hydrogens is 208 g/mol. The van der Waals surface area contributed by atoms with Gasteiger partial charge in [0.15, 0.2) is 0 Å². The van der Waals surface area contributed by atoms with Crippen LogP contribution in [0.1, 0.15) is 5.82 Å². The van der Waals surface area contributed by atoms with Crippen molar-refractivity contribution in [2.75, 3.05) is 12.0 Å². The van der Waals surface area contributed by atoms with E-state index in [9.17, 15) is 4.79 Å². The normalized spacial score (nSPS) is 10.7. The molecule has 2 rings (SSSR count). The van der Waals surface area contributed by atoms with Crippen LogP contribution >= 0.6 is 11.8 Å². The molecule has 15 heavy (non-hydrogen) atoms. The van der Waals surface area contributed by atoms with E-state index in [0.717, 1.165) is 23.5 Å². The second-order valence-electron chi connectivity index (χ2n) is 3.27. The van der Waals surface area contributed by atoms with Gasteiger partial charge in [-0.05, 0) is 18.4 Å². The number of nitrogens with zero attached hydrogens (tertiary/aromatic N) is 1. The summed E-state index contributed by atoms with van der Waals surface area (Å²) in [5, 5.41) is 0.658. The highest BCUT2D eigenvalue weighted by Crippen LogP contribution is 2.06. The Morgan fingerprint density at radius 2 is 2.20 bits per heavy atom. The Morgan fingerprint density at radius 1 is 1.40 bits per heavy atom. The van der Waals surface area contributed by atoms with Gasteiger partial charge in [-0.25, -0.2) is 4.98 Å². The Morgan fingerprint density at radius 3 is 3.00 bits per heavy atom. The first-order valence-corrected chi connectivity index (χ1v) is 6.17. The summed E-state index contributed by atoms with van der Waals surface area (Å²) in [4.78, 5) is 18.9. The summed E-state index contributed by atoms with van der Waals surface area (Å²) >= 11 is 1.75. The number of rotatable bonds is 3. The summed E-state index contributed by atoms with van der Waals surface area (Å²) in [5.74, 6) is 1.74. The standard InChI is InChI=1S/C11H12N2OS/c1-15-7-6-10-12-9-5-3-2-4-8(9)11(14)13-10/h2-5H,6-7H2,1H3,(H,12,13,14). The number of hydrogen-bond donors (Lipinski definition) is 1. The fourth-order valence-electron chi connectivity index (χ4n) is 1.45. The van der Waals surface area contributed by atoms with Crippen molar-refractivity contribution in [2.24, 2.45) is 0 Å². The number of aromatic nitrogens is 2. The Labute approximate surface area is 91.9 Å². The van der Waals surface area contributed by atoms with Crippen LogP contribution in [-0.4, -0.2) is 22.0 Å². The van der Waals surface area contributed by atoms with E-state index in [1.165, 1.54) is 0 Å². The summed E-state index contributed by atoms with van der Waals surface area (Å²) in [5.41, 5.74) is 0.731. The molecule has 78 valence electrons. The van der Waals surface area contributed by atoms with Gasteiger partial charge < -0.3 is 4.98 Å². The zero-order chi connectivity index (χ0) is 10.7. The predicted molar refractivity (Wildman–Crippen MR) is 64.4 cm³/mol. The van der Waals surface area contributed by atoms with Gasteiger partial charge in [-0.1, -0.05) is 12.1 Å². The molecule has 1 heterocycles. The number of nitrogens with one attached hydrogen (secondary N) is 1. The molecule has 3 nitrogen and oxygen atoms in total. The molecular formula is C11H12N2OS. The van der Waals surface area contributed by atoms with Crippen LogP contribution in [0.25, 0.3) is 10.9 Å². The molecule has 0 unspecified atom stereocenters. The Kier molecular flexibility index (Phi) is 3.06. The maximum atomic E-state index is 11.7. The summed E-state index contributed by atoms with van der Waals surface area (Å²) < 4.78 is 0. The lowest BCUT2D eigenvalue weighted by atomic mass is 10.2. The van der Waals surface area contributed by atoms with Crippen LogP contribution in [-0.2, 0) is 6.42 Å². The van der Waals surface area contributed by atoms with Crippen molar-refractivity contribution in [1.82, 2.24) is 9.97 Å². The van der Waals surface area contributed by atoms with Crippen LogP contribution in [0, 0.1) is 0 Å². The smallest absolute Gasteiger partial charge is 0.258 e. The highest BCUT2D eigenvalue weighted by Gasteiger charge is 2.01. The first kappa shape index (κ1) is 10.2. The van der Waals surface area contributed by atoms with E-state index in [1.807, 2.05) is 24.5 Å². The van der Waals surface area contributed by atoms with Crippen molar-refractivity contribution in [3.8, 4) is 0 Å². The lowest BCUT2D eigenvalue weighted by Gasteiger charge is -2.01. The average molecular weight is 220 g/mol. The third-order valence-electron chi connectivity index (χ3n) is 2.20. The van der Waals surface area contributed by atoms with Gasteiger partial charge in [-0.2, -0.15) is 11.8 Å². The van der Waals surface area contributed by atoms with Gasteiger partial charge in [0.2, 0.25) is 0 Å². The van der Waals surface area contributed by atoms with Gasteiger partial charge in [0, 0.05) is 12.2 Å². The fraction of sp³-hybridized carbons (Fsp3) is 0.273. The fourth-order valence-corrected chi connectivity index (χ4v) is 1.85. The first-order chi connectivity index (χ1) is 7.31. The topological polar surface area (TPSA) is 45.8 Å². The zero-order valence-corrected chi connectivity index (χ0v) is 9.30. The third-order valence-corrected chi connectivity index (χ3v) is 2.82. The van der Waals surface area contributed by atoms with Crippen LogP contribution in [0.3, 0.4) is 0 Å². The second kappa shape index (κ2) is 4.49. The molecule has 0 amide bonds. The summed E-state index contributed by atoms with van der Waals surface area (Å²) in [6, 6.07) is 7.40. The summed E-state index contributed by atoms with van der Waals surface area (Å²) in [6.07, 6.45) is 2.85. The monoisotopic (exact) mass is 220 g/mol. The zero-order valence-electron chi connectivity index (χ0n) is 8.49. The lowest BCUT2D eigenvalue weighted by molar-refractivity contribution is 0.953. The largest absolute Gasteiger partial charge is 0.310 e. The van der Waals surface area contributed by atoms with Gasteiger partial charge in [-0.15, -0.1) is 0 Å². The summed E-state index contributed by atoms with van der Waals surface area (Å²) in [7, 11) is 0. The molecule has 1 aromatic carbocycles. The molecule has 0 spiro atoms. The van der Waals surface area contributed by atoms with Crippen molar-refractivity contribution < 1.29 is 0 Å². The van der Waals surface area contributed by atoms with Gasteiger partial charge >= 0.3 is 0 Å². The number of para-hydroxylation sites is 1. The number of H-pyrrole nitrogens is 1. The predicted octanol–water partition coefficient (Wildman–Crippen LogP) is 1.83. The molecule has 0 aliphatic heterocycles. The maximum Gasteiger partial charge on any atom is 0.258 e. The number of aromatic amines is 1. The second-order valence-corrected chi connectivity index (χ2v) is 4.26. The lowest BCUT2D eigenvalue weighted by Crippen LogP contribution is -2.12. The number of hydrogen-bond acceptors (Lipinski definition) is 3. The van der Waals surface area contributed by atoms with Crippen LogP contribution in [0.2, 0.25) is 0 Å². The molecule has 0 bridgehead atoms. The highest BCUT2D eigenvalue weighted by molar-refractivity contribution is 7.98. The molecule has 2 aromatic rings. The molecule has 1 aromatic heterocycles. The third kappa shape index (κ3) is 2.21. The number of aryl methyl sites for hydroxylation is 1. The molecule has 0 aliphatic carbocycles. The minimum atomic E-state index is -0.0447. The van der Waals surface area contributed by atoms with Gasteiger partial charge in [0.25, 0.3) is 5.56 Å². The molecule has 0 fully saturated rings. The molecule has 0 radical (unpaired) electrons. The SMILES string of the molecule is CSCCc1nc2ccccc2c(=O)[nH]1. The van der Waals surface area contributed by atoms with Gasteiger partial charge in [-0.3, -0.25) is 4.79 Å². The molecule has 0 saturated heterocycles. The number of fused-ring (bicyclic) bond motifs is 1. The minimum Gasteiger partial charge on any atom is -0.310 e. The molecule has 1 N–H and O–H groups in total. The van der Waals surface area contributed by atoms with E-state index >= 15 is 0 Å².